The molecular formula is C24H34N2O7S. The molecule has 34 heavy (non-hydrogen) atoms. The van der Waals surface area contributed by atoms with Crippen molar-refractivity contribution in [2.24, 2.45) is 5.92 Å². The lowest BCUT2D eigenvalue weighted by atomic mass is 10.1. The lowest BCUT2D eigenvalue weighted by Crippen LogP contribution is -2.56. The number of benzene rings is 1. The summed E-state index contributed by atoms with van der Waals surface area (Å²) < 4.78 is 41.9. The number of hydrogen-bond acceptors (Lipinski definition) is 7. The number of carbonyl (C=O) groups excluding carboxylic acids is 2. The van der Waals surface area contributed by atoms with Gasteiger partial charge in [0, 0.05) is 31.6 Å². The molecule has 9 nitrogen and oxygen atoms in total. The number of nitrogens with zero attached hydrogens (tertiary/aromatic N) is 2. The monoisotopic (exact) mass is 494 g/mol. The Morgan fingerprint density at radius 3 is 2.35 bits per heavy atom. The normalized spacial score (nSPS) is 21.1. The third-order valence-electron chi connectivity index (χ3n) is 5.80. The van der Waals surface area contributed by atoms with Gasteiger partial charge in [-0.15, -0.1) is 0 Å². The summed E-state index contributed by atoms with van der Waals surface area (Å²) in [6, 6.07) is 6.37. The van der Waals surface area contributed by atoms with Crippen LogP contribution in [0.4, 0.5) is 9.59 Å². The van der Waals surface area contributed by atoms with Gasteiger partial charge in [0.05, 0.1) is 11.5 Å². The standard InChI is InChI=1S/C24H34N2O7S/c1-6-11-31-22(27)25-14-21(15-25)34(29,30)20-9-7-19(8-10-20)32-16-18-12-17(2)26(13-18)23(28)33-24(3,4)5/h6-10,17-18,21H,1,11-16H2,2-5H3/t17-,18?/m0/s1. The minimum absolute atomic E-state index is 0.0621. The van der Waals surface area contributed by atoms with Crippen molar-refractivity contribution < 1.29 is 32.2 Å². The van der Waals surface area contributed by atoms with Crippen LogP contribution in [0.25, 0.3) is 0 Å². The lowest BCUT2D eigenvalue weighted by Gasteiger charge is -2.37. The largest absolute Gasteiger partial charge is 0.493 e. The molecule has 2 amide bonds. The van der Waals surface area contributed by atoms with Crippen LogP contribution in [0.1, 0.15) is 34.1 Å². The van der Waals surface area contributed by atoms with E-state index in [-0.39, 0.29) is 42.6 Å². The Hall–Kier alpha value is -2.75. The van der Waals surface area contributed by atoms with Crippen molar-refractivity contribution >= 4 is 22.0 Å². The molecule has 2 saturated heterocycles. The zero-order valence-corrected chi connectivity index (χ0v) is 21.0. The highest BCUT2D eigenvalue weighted by Crippen LogP contribution is 2.28. The Morgan fingerprint density at radius 2 is 1.76 bits per heavy atom. The zero-order chi connectivity index (χ0) is 25.1. The van der Waals surface area contributed by atoms with E-state index in [0.29, 0.717) is 18.9 Å². The van der Waals surface area contributed by atoms with Gasteiger partial charge >= 0.3 is 12.2 Å². The van der Waals surface area contributed by atoms with Crippen molar-refractivity contribution in [3.8, 4) is 5.75 Å². The van der Waals surface area contributed by atoms with E-state index in [1.165, 1.54) is 23.1 Å². The molecule has 0 aliphatic carbocycles. The highest BCUT2D eigenvalue weighted by atomic mass is 32.2. The van der Waals surface area contributed by atoms with Crippen molar-refractivity contribution in [3.05, 3.63) is 36.9 Å². The first kappa shape index (κ1) is 25.9. The second-order valence-electron chi connectivity index (χ2n) is 9.80. The van der Waals surface area contributed by atoms with Crippen LogP contribution in [0.2, 0.25) is 0 Å². The molecule has 10 heteroatoms. The molecule has 1 unspecified atom stereocenters. The maximum absolute atomic E-state index is 12.8. The van der Waals surface area contributed by atoms with Gasteiger partial charge in [-0.1, -0.05) is 12.7 Å². The molecule has 0 N–H and O–H groups in total. The van der Waals surface area contributed by atoms with E-state index in [4.69, 9.17) is 14.2 Å². The van der Waals surface area contributed by atoms with Crippen LogP contribution in [0.5, 0.6) is 5.75 Å². The average Bonchev–Trinajstić information content (AvgIpc) is 3.09. The Kier molecular flexibility index (Phi) is 7.80. The summed E-state index contributed by atoms with van der Waals surface area (Å²) in [7, 11) is -3.56. The fourth-order valence-electron chi connectivity index (χ4n) is 3.98. The molecule has 2 heterocycles. The predicted octanol–water partition coefficient (Wildman–Crippen LogP) is 3.49. The molecule has 0 radical (unpaired) electrons. The SMILES string of the molecule is C=CCOC(=O)N1CC(S(=O)(=O)c2ccc(OCC3C[C@H](C)N(C(=O)OC(C)(C)C)C3)cc2)C1. The highest BCUT2D eigenvalue weighted by Gasteiger charge is 2.41. The molecule has 2 aliphatic heterocycles. The van der Waals surface area contributed by atoms with Crippen LogP contribution in [0.3, 0.4) is 0 Å². The summed E-state index contributed by atoms with van der Waals surface area (Å²) in [6.45, 7) is 12.3. The number of carbonyl (C=O) groups is 2. The van der Waals surface area contributed by atoms with E-state index in [1.54, 1.807) is 17.0 Å². The van der Waals surface area contributed by atoms with E-state index in [9.17, 15) is 18.0 Å². The molecular weight excluding hydrogens is 460 g/mol. The minimum Gasteiger partial charge on any atom is -0.493 e. The quantitative estimate of drug-likeness (QED) is 0.535. The summed E-state index contributed by atoms with van der Waals surface area (Å²) in [5, 5.41) is -0.658. The van der Waals surface area contributed by atoms with Gasteiger partial charge in [-0.3, -0.25) is 0 Å². The second kappa shape index (κ2) is 10.2. The van der Waals surface area contributed by atoms with Gasteiger partial charge < -0.3 is 24.0 Å². The number of hydrogen-bond donors (Lipinski definition) is 0. The molecule has 188 valence electrons. The predicted molar refractivity (Wildman–Crippen MR) is 127 cm³/mol. The lowest BCUT2D eigenvalue weighted by molar-refractivity contribution is 0.0231. The van der Waals surface area contributed by atoms with E-state index in [2.05, 4.69) is 6.58 Å². The molecule has 0 saturated carbocycles. The summed E-state index contributed by atoms with van der Waals surface area (Å²) >= 11 is 0. The third-order valence-corrected chi connectivity index (χ3v) is 7.90. The summed E-state index contributed by atoms with van der Waals surface area (Å²) in [5.41, 5.74) is -0.542. The van der Waals surface area contributed by atoms with E-state index in [1.807, 2.05) is 27.7 Å². The van der Waals surface area contributed by atoms with Crippen molar-refractivity contribution in [3.63, 3.8) is 0 Å². The first-order valence-electron chi connectivity index (χ1n) is 11.4. The maximum Gasteiger partial charge on any atom is 0.410 e. The van der Waals surface area contributed by atoms with Gasteiger partial charge in [0.2, 0.25) is 0 Å². The van der Waals surface area contributed by atoms with Crippen LogP contribution < -0.4 is 4.74 Å². The molecule has 1 aromatic carbocycles. The fourth-order valence-corrected chi connectivity index (χ4v) is 5.63. The van der Waals surface area contributed by atoms with Crippen molar-refractivity contribution in [2.75, 3.05) is 32.8 Å². The summed E-state index contributed by atoms with van der Waals surface area (Å²) in [4.78, 5) is 27.4. The highest BCUT2D eigenvalue weighted by molar-refractivity contribution is 7.92. The second-order valence-corrected chi connectivity index (χ2v) is 12.0. The number of amides is 2. The summed E-state index contributed by atoms with van der Waals surface area (Å²) in [6.07, 6.45) is 1.40. The summed E-state index contributed by atoms with van der Waals surface area (Å²) in [5.74, 6) is 0.721. The van der Waals surface area contributed by atoms with Crippen LogP contribution >= 0.6 is 0 Å². The average molecular weight is 495 g/mol. The number of ether oxygens (including phenoxy) is 3. The van der Waals surface area contributed by atoms with Crippen LogP contribution in [-0.2, 0) is 19.3 Å². The fraction of sp³-hybridized carbons (Fsp3) is 0.583. The Morgan fingerprint density at radius 1 is 1.12 bits per heavy atom. The van der Waals surface area contributed by atoms with E-state index >= 15 is 0 Å². The zero-order valence-electron chi connectivity index (χ0n) is 20.2. The van der Waals surface area contributed by atoms with Crippen LogP contribution in [0, 0.1) is 5.92 Å². The molecule has 1 aromatic rings. The van der Waals surface area contributed by atoms with Crippen LogP contribution in [0.15, 0.2) is 41.8 Å². The Bertz CT molecular complexity index is 995. The molecule has 0 aromatic heterocycles. The number of rotatable bonds is 7. The van der Waals surface area contributed by atoms with Gasteiger partial charge in [0.15, 0.2) is 9.84 Å². The molecule has 0 bridgehead atoms. The van der Waals surface area contributed by atoms with Gasteiger partial charge in [0.25, 0.3) is 0 Å². The van der Waals surface area contributed by atoms with Gasteiger partial charge in [-0.25, -0.2) is 18.0 Å². The minimum atomic E-state index is -3.56. The molecule has 0 spiro atoms. The van der Waals surface area contributed by atoms with Gasteiger partial charge in [0.1, 0.15) is 23.2 Å². The van der Waals surface area contributed by atoms with Crippen molar-refractivity contribution in [1.82, 2.24) is 9.80 Å². The molecule has 2 aliphatic rings. The van der Waals surface area contributed by atoms with Crippen molar-refractivity contribution in [2.45, 2.75) is 55.9 Å². The van der Waals surface area contributed by atoms with E-state index < -0.39 is 26.8 Å². The number of likely N-dealkylation sites (tertiary alicyclic amines) is 2. The number of sulfone groups is 1. The molecule has 2 fully saturated rings. The smallest absolute Gasteiger partial charge is 0.410 e. The van der Waals surface area contributed by atoms with Gasteiger partial charge in [-0.2, -0.15) is 0 Å². The van der Waals surface area contributed by atoms with Gasteiger partial charge in [-0.05, 0) is 58.4 Å². The van der Waals surface area contributed by atoms with E-state index in [0.717, 1.165) is 6.42 Å². The Labute approximate surface area is 201 Å². The molecule has 2 atom stereocenters. The molecule has 3 rings (SSSR count). The third kappa shape index (κ3) is 6.22. The Balaban J connectivity index is 1.49. The topological polar surface area (TPSA) is 102 Å². The first-order valence-corrected chi connectivity index (χ1v) is 12.9. The van der Waals surface area contributed by atoms with Crippen LogP contribution in [-0.4, -0.2) is 80.1 Å². The first-order chi connectivity index (χ1) is 15.9. The van der Waals surface area contributed by atoms with Crippen molar-refractivity contribution in [1.29, 1.82) is 0 Å². The maximum atomic E-state index is 12.8.